The number of ether oxygens (including phenoxy) is 3. The van der Waals surface area contributed by atoms with Crippen LogP contribution in [-0.2, 0) is 10.0 Å². The van der Waals surface area contributed by atoms with E-state index in [1.165, 1.54) is 24.3 Å². The molecule has 1 unspecified atom stereocenters. The maximum atomic E-state index is 12.7. The first-order valence-corrected chi connectivity index (χ1v) is 15.7. The summed E-state index contributed by atoms with van der Waals surface area (Å²) in [5.74, 6) is 1.98. The zero-order valence-corrected chi connectivity index (χ0v) is 24.7. The fourth-order valence-corrected chi connectivity index (χ4v) is 6.54. The first kappa shape index (κ1) is 30.5. The molecular formula is C31H35N3O8S. The van der Waals surface area contributed by atoms with Gasteiger partial charge in [-0.3, -0.25) is 10.1 Å². The van der Waals surface area contributed by atoms with Crippen LogP contribution in [0.15, 0.2) is 77.9 Å². The number of nitro groups is 1. The van der Waals surface area contributed by atoms with E-state index in [1.807, 2.05) is 36.4 Å². The first-order valence-electron chi connectivity index (χ1n) is 14.2. The molecule has 0 spiro atoms. The number of non-ortho nitro benzene ring substituents is 1. The highest BCUT2D eigenvalue weighted by molar-refractivity contribution is 7.89. The SMILES string of the molecule is COc1ccc(C2=COc3cc(OCCCCN4CCC(NS(=O)(=O)c5ccc([N+](=O)[O-])cc5)CC4)ccc3C2O)cc1. The predicted octanol–water partition coefficient (Wildman–Crippen LogP) is 4.67. The molecule has 2 N–H and O–H groups in total. The van der Waals surface area contributed by atoms with E-state index in [1.54, 1.807) is 19.4 Å². The van der Waals surface area contributed by atoms with Gasteiger partial charge in [0.15, 0.2) is 0 Å². The molecule has 1 saturated heterocycles. The predicted molar refractivity (Wildman–Crippen MR) is 161 cm³/mol. The molecule has 0 aliphatic carbocycles. The molecule has 1 atom stereocenters. The Bertz CT molecular complexity index is 1550. The average molecular weight is 610 g/mol. The topological polar surface area (TPSA) is 140 Å². The Hall–Kier alpha value is -3.97. The molecule has 2 heterocycles. The van der Waals surface area contributed by atoms with Gasteiger partial charge in [0.2, 0.25) is 10.0 Å². The van der Waals surface area contributed by atoms with Crippen LogP contribution in [0.4, 0.5) is 5.69 Å². The average Bonchev–Trinajstić information content (AvgIpc) is 3.02. The van der Waals surface area contributed by atoms with Gasteiger partial charge in [-0.1, -0.05) is 12.1 Å². The van der Waals surface area contributed by atoms with E-state index < -0.39 is 21.1 Å². The summed E-state index contributed by atoms with van der Waals surface area (Å²) in [4.78, 5) is 12.6. The van der Waals surface area contributed by atoms with E-state index in [9.17, 15) is 23.6 Å². The maximum absolute atomic E-state index is 12.7. The minimum Gasteiger partial charge on any atom is -0.497 e. The van der Waals surface area contributed by atoms with Crippen LogP contribution in [0.1, 0.15) is 42.9 Å². The number of piperidine rings is 1. The van der Waals surface area contributed by atoms with Crippen LogP contribution in [-0.4, -0.2) is 62.7 Å². The van der Waals surface area contributed by atoms with Crippen molar-refractivity contribution in [2.45, 2.75) is 42.7 Å². The van der Waals surface area contributed by atoms with E-state index in [0.717, 1.165) is 43.8 Å². The Morgan fingerprint density at radius 1 is 1.02 bits per heavy atom. The van der Waals surface area contributed by atoms with Crippen LogP contribution in [0.3, 0.4) is 0 Å². The van der Waals surface area contributed by atoms with Gasteiger partial charge in [-0.15, -0.1) is 0 Å². The van der Waals surface area contributed by atoms with Crippen molar-refractivity contribution < 1.29 is 32.7 Å². The van der Waals surface area contributed by atoms with E-state index in [0.29, 0.717) is 42.1 Å². The van der Waals surface area contributed by atoms with Crippen molar-refractivity contribution >= 4 is 21.3 Å². The minimum absolute atomic E-state index is 0.0250. The molecule has 5 rings (SSSR count). The lowest BCUT2D eigenvalue weighted by atomic mass is 9.94. The van der Waals surface area contributed by atoms with Crippen LogP contribution in [0, 0.1) is 10.1 Å². The number of unbranched alkanes of at least 4 members (excludes halogenated alkanes) is 1. The summed E-state index contributed by atoms with van der Waals surface area (Å²) in [7, 11) is -2.13. The first-order chi connectivity index (χ1) is 20.7. The number of nitro benzene ring substituents is 1. The molecule has 0 aromatic heterocycles. The van der Waals surface area contributed by atoms with Crippen LogP contribution >= 0.6 is 0 Å². The molecule has 11 nitrogen and oxygen atoms in total. The largest absolute Gasteiger partial charge is 0.497 e. The number of nitrogens with zero attached hydrogens (tertiary/aromatic N) is 2. The standard InChI is InChI=1S/C31H35N3O8S/c1-40-25-8-4-22(5-9-25)29-21-42-30-20-26(10-13-28(30)31(29)35)41-19-3-2-16-33-17-14-23(15-18-33)32-43(38,39)27-11-6-24(7-12-27)34(36)37/h4-13,20-21,23,31-32,35H,2-3,14-19H2,1H3. The van der Waals surface area contributed by atoms with Crippen molar-refractivity contribution in [3.8, 4) is 17.2 Å². The number of fused-ring (bicyclic) bond motifs is 1. The van der Waals surface area contributed by atoms with Crippen molar-refractivity contribution in [2.24, 2.45) is 0 Å². The summed E-state index contributed by atoms with van der Waals surface area (Å²) in [6, 6.07) is 17.6. The highest BCUT2D eigenvalue weighted by atomic mass is 32.2. The molecule has 0 amide bonds. The zero-order chi connectivity index (χ0) is 30.4. The highest BCUT2D eigenvalue weighted by Crippen LogP contribution is 2.41. The third-order valence-electron chi connectivity index (χ3n) is 7.72. The van der Waals surface area contributed by atoms with Crippen molar-refractivity contribution in [1.29, 1.82) is 0 Å². The van der Waals surface area contributed by atoms with E-state index >= 15 is 0 Å². The van der Waals surface area contributed by atoms with Gasteiger partial charge in [-0.25, -0.2) is 13.1 Å². The second-order valence-electron chi connectivity index (χ2n) is 10.6. The van der Waals surface area contributed by atoms with Gasteiger partial charge in [-0.2, -0.15) is 0 Å². The van der Waals surface area contributed by atoms with Crippen LogP contribution in [0.5, 0.6) is 17.2 Å². The molecule has 0 saturated carbocycles. The number of benzene rings is 3. The Kier molecular flexibility index (Phi) is 9.61. The monoisotopic (exact) mass is 609 g/mol. The summed E-state index contributed by atoms with van der Waals surface area (Å²) >= 11 is 0. The third-order valence-corrected chi connectivity index (χ3v) is 9.25. The number of methoxy groups -OCH3 is 1. The Morgan fingerprint density at radius 3 is 2.40 bits per heavy atom. The molecule has 3 aromatic carbocycles. The summed E-state index contributed by atoms with van der Waals surface area (Å²) in [6.07, 6.45) is 3.94. The summed E-state index contributed by atoms with van der Waals surface area (Å²) < 4.78 is 45.1. The van der Waals surface area contributed by atoms with Crippen LogP contribution < -0.4 is 18.9 Å². The number of aliphatic hydroxyl groups is 1. The second kappa shape index (κ2) is 13.6. The molecule has 2 aliphatic heterocycles. The lowest BCUT2D eigenvalue weighted by Gasteiger charge is -2.32. The molecule has 0 radical (unpaired) electrons. The molecule has 43 heavy (non-hydrogen) atoms. The fourth-order valence-electron chi connectivity index (χ4n) is 5.24. The minimum atomic E-state index is -3.74. The zero-order valence-electron chi connectivity index (χ0n) is 23.8. The number of rotatable bonds is 12. The van der Waals surface area contributed by atoms with Crippen molar-refractivity contribution in [3.05, 3.63) is 94.2 Å². The number of hydrogen-bond acceptors (Lipinski definition) is 9. The van der Waals surface area contributed by atoms with Crippen molar-refractivity contribution in [2.75, 3.05) is 33.4 Å². The number of nitrogens with one attached hydrogen (secondary N) is 1. The quantitative estimate of drug-likeness (QED) is 0.170. The number of hydrogen-bond donors (Lipinski definition) is 2. The van der Waals surface area contributed by atoms with Gasteiger partial charge in [0.25, 0.3) is 5.69 Å². The van der Waals surface area contributed by atoms with E-state index in [-0.39, 0.29) is 16.6 Å². The van der Waals surface area contributed by atoms with Crippen LogP contribution in [0.25, 0.3) is 5.57 Å². The fraction of sp³-hybridized carbons (Fsp3) is 0.355. The Morgan fingerprint density at radius 2 is 1.72 bits per heavy atom. The third kappa shape index (κ3) is 7.52. The molecule has 228 valence electrons. The molecule has 3 aromatic rings. The van der Waals surface area contributed by atoms with Gasteiger partial charge in [0.1, 0.15) is 23.4 Å². The maximum Gasteiger partial charge on any atom is 0.269 e. The van der Waals surface area contributed by atoms with Crippen LogP contribution in [0.2, 0.25) is 0 Å². The summed E-state index contributed by atoms with van der Waals surface area (Å²) in [5.41, 5.74) is 2.06. The van der Waals surface area contributed by atoms with Gasteiger partial charge >= 0.3 is 0 Å². The van der Waals surface area contributed by atoms with Crippen molar-refractivity contribution in [1.82, 2.24) is 9.62 Å². The van der Waals surface area contributed by atoms with Crippen molar-refractivity contribution in [3.63, 3.8) is 0 Å². The van der Waals surface area contributed by atoms with Gasteiger partial charge < -0.3 is 24.2 Å². The van der Waals surface area contributed by atoms with E-state index in [2.05, 4.69) is 9.62 Å². The second-order valence-corrected chi connectivity index (χ2v) is 12.3. The lowest BCUT2D eigenvalue weighted by molar-refractivity contribution is -0.384. The normalized spacial score (nSPS) is 17.4. The number of likely N-dealkylation sites (tertiary alicyclic amines) is 1. The van der Waals surface area contributed by atoms with E-state index in [4.69, 9.17) is 14.2 Å². The lowest BCUT2D eigenvalue weighted by Crippen LogP contribution is -2.44. The Labute approximate surface area is 250 Å². The number of sulfonamides is 1. The van der Waals surface area contributed by atoms with Gasteiger partial charge in [0.05, 0.1) is 29.8 Å². The Balaban J connectivity index is 1.02. The molecule has 12 heteroatoms. The molecule has 1 fully saturated rings. The summed E-state index contributed by atoms with van der Waals surface area (Å²) in [5, 5.41) is 21.7. The number of aliphatic hydroxyl groups excluding tert-OH is 1. The van der Waals surface area contributed by atoms with Gasteiger partial charge in [-0.05, 0) is 87.3 Å². The highest BCUT2D eigenvalue weighted by Gasteiger charge is 2.26. The smallest absolute Gasteiger partial charge is 0.269 e. The molecule has 2 aliphatic rings. The summed E-state index contributed by atoms with van der Waals surface area (Å²) in [6.45, 7) is 3.00. The van der Waals surface area contributed by atoms with Gasteiger partial charge in [0, 0.05) is 35.4 Å². The molecular weight excluding hydrogens is 574 g/mol. The molecule has 0 bridgehead atoms.